The second-order valence-corrected chi connectivity index (χ2v) is 5.34. The third kappa shape index (κ3) is 3.53. The van der Waals surface area contributed by atoms with Gasteiger partial charge in [-0.25, -0.2) is 5.43 Å². The average Bonchev–Trinajstić information content (AvgIpc) is 2.44. The number of rotatable bonds is 3. The van der Waals surface area contributed by atoms with Crippen molar-refractivity contribution in [2.24, 2.45) is 5.10 Å². The molecule has 2 rings (SSSR count). The van der Waals surface area contributed by atoms with Crippen LogP contribution in [0.1, 0.15) is 21.5 Å². The van der Waals surface area contributed by atoms with E-state index in [1.54, 1.807) is 18.2 Å². The van der Waals surface area contributed by atoms with Gasteiger partial charge in [-0.3, -0.25) is 9.78 Å². The van der Waals surface area contributed by atoms with E-state index >= 15 is 0 Å². The Morgan fingerprint density at radius 1 is 1.40 bits per heavy atom. The molecule has 1 aromatic heterocycles. The Kier molecular flexibility index (Phi) is 4.67. The summed E-state index contributed by atoms with van der Waals surface area (Å²) in [5, 5.41) is 13.7. The average molecular weight is 381 g/mol. The number of benzene rings is 1. The molecule has 0 fully saturated rings. The minimum absolute atomic E-state index is 0.160. The van der Waals surface area contributed by atoms with Crippen LogP contribution in [0.5, 0.6) is 5.75 Å². The predicted molar refractivity (Wildman–Crippen MR) is 84.9 cm³/mol. The number of phenols is 1. The van der Waals surface area contributed by atoms with Gasteiger partial charge < -0.3 is 5.11 Å². The number of carbonyl (C=O) groups excluding carboxylic acids is 1. The number of nitrogens with zero attached hydrogens (tertiary/aromatic N) is 2. The van der Waals surface area contributed by atoms with Crippen molar-refractivity contribution >= 4 is 34.7 Å². The Morgan fingerprint density at radius 3 is 2.80 bits per heavy atom. The molecule has 2 N–H and O–H groups in total. The molecule has 0 aliphatic rings. The first-order valence-corrected chi connectivity index (χ1v) is 6.88. The normalized spacial score (nSPS) is 10.7. The number of amides is 1. The van der Waals surface area contributed by atoms with Gasteiger partial charge in [0.2, 0.25) is 0 Å². The SMILES string of the molecule is Cc1cc(I)cc(C=NNC(=O)c2ccncc2)c1O. The van der Waals surface area contributed by atoms with Gasteiger partial charge in [0.05, 0.1) is 6.21 Å². The number of phenolic OH excluding ortho intramolecular Hbond substituents is 1. The van der Waals surface area contributed by atoms with E-state index in [4.69, 9.17) is 0 Å². The number of hydrogen-bond acceptors (Lipinski definition) is 4. The van der Waals surface area contributed by atoms with E-state index in [9.17, 15) is 9.90 Å². The van der Waals surface area contributed by atoms with Crippen LogP contribution >= 0.6 is 22.6 Å². The molecule has 0 spiro atoms. The number of aromatic hydroxyl groups is 1. The summed E-state index contributed by atoms with van der Waals surface area (Å²) in [5.41, 5.74) is 4.20. The van der Waals surface area contributed by atoms with Gasteiger partial charge in [0.15, 0.2) is 0 Å². The molecule has 6 heteroatoms. The van der Waals surface area contributed by atoms with Crippen LogP contribution < -0.4 is 5.43 Å². The Hall–Kier alpha value is -1.96. The lowest BCUT2D eigenvalue weighted by Gasteiger charge is -2.04. The van der Waals surface area contributed by atoms with E-state index in [1.165, 1.54) is 18.6 Å². The second-order valence-electron chi connectivity index (χ2n) is 4.10. The molecule has 20 heavy (non-hydrogen) atoms. The summed E-state index contributed by atoms with van der Waals surface area (Å²) in [5.74, 6) is -0.169. The van der Waals surface area contributed by atoms with E-state index in [0.29, 0.717) is 11.1 Å². The van der Waals surface area contributed by atoms with Gasteiger partial charge >= 0.3 is 0 Å². The van der Waals surface area contributed by atoms with Gasteiger partial charge in [-0.05, 0) is 59.3 Å². The van der Waals surface area contributed by atoms with Crippen molar-refractivity contribution in [3.63, 3.8) is 0 Å². The Bertz CT molecular complexity index is 657. The minimum Gasteiger partial charge on any atom is -0.507 e. The highest BCUT2D eigenvalue weighted by Crippen LogP contribution is 2.23. The van der Waals surface area contributed by atoms with E-state index in [-0.39, 0.29) is 11.7 Å². The number of carbonyl (C=O) groups is 1. The van der Waals surface area contributed by atoms with Gasteiger partial charge in [0.25, 0.3) is 5.91 Å². The molecule has 2 aromatic rings. The van der Waals surface area contributed by atoms with Gasteiger partial charge in [0, 0.05) is 27.1 Å². The van der Waals surface area contributed by atoms with Crippen LogP contribution in [0.15, 0.2) is 41.8 Å². The molecule has 0 saturated heterocycles. The molecular weight excluding hydrogens is 369 g/mol. The molecule has 5 nitrogen and oxygen atoms in total. The number of hydrogen-bond donors (Lipinski definition) is 2. The first-order chi connectivity index (χ1) is 9.58. The summed E-state index contributed by atoms with van der Waals surface area (Å²) in [6, 6.07) is 6.84. The van der Waals surface area contributed by atoms with Crippen LogP contribution in [-0.4, -0.2) is 22.2 Å². The number of hydrazone groups is 1. The molecule has 0 radical (unpaired) electrons. The van der Waals surface area contributed by atoms with E-state index in [0.717, 1.165) is 9.13 Å². The molecule has 0 saturated carbocycles. The lowest BCUT2D eigenvalue weighted by Crippen LogP contribution is -2.17. The van der Waals surface area contributed by atoms with Crippen molar-refractivity contribution in [1.82, 2.24) is 10.4 Å². The molecular formula is C14H12IN3O2. The highest BCUT2D eigenvalue weighted by atomic mass is 127. The van der Waals surface area contributed by atoms with E-state index in [1.807, 2.05) is 13.0 Å². The molecule has 0 bridgehead atoms. The summed E-state index contributed by atoms with van der Waals surface area (Å²) in [4.78, 5) is 15.6. The molecule has 0 aliphatic heterocycles. The third-order valence-electron chi connectivity index (χ3n) is 2.61. The Labute approximate surface area is 129 Å². The van der Waals surface area contributed by atoms with Crippen molar-refractivity contribution in [2.45, 2.75) is 6.92 Å². The molecule has 1 amide bonds. The zero-order valence-corrected chi connectivity index (χ0v) is 12.8. The Balaban J connectivity index is 2.10. The maximum absolute atomic E-state index is 11.7. The third-order valence-corrected chi connectivity index (χ3v) is 3.23. The number of pyridine rings is 1. The van der Waals surface area contributed by atoms with Crippen molar-refractivity contribution in [3.8, 4) is 5.75 Å². The molecule has 102 valence electrons. The van der Waals surface area contributed by atoms with Crippen LogP contribution in [0.25, 0.3) is 0 Å². The van der Waals surface area contributed by atoms with Gasteiger partial charge in [-0.15, -0.1) is 0 Å². The van der Waals surface area contributed by atoms with Crippen molar-refractivity contribution in [2.75, 3.05) is 0 Å². The topological polar surface area (TPSA) is 74.6 Å². The molecule has 0 aliphatic carbocycles. The summed E-state index contributed by atoms with van der Waals surface area (Å²) in [6.45, 7) is 1.81. The predicted octanol–water partition coefficient (Wildman–Crippen LogP) is 2.46. The smallest absolute Gasteiger partial charge is 0.271 e. The van der Waals surface area contributed by atoms with Crippen molar-refractivity contribution < 1.29 is 9.90 Å². The second kappa shape index (κ2) is 6.47. The van der Waals surface area contributed by atoms with Crippen molar-refractivity contribution in [3.05, 3.63) is 56.9 Å². The lowest BCUT2D eigenvalue weighted by molar-refractivity contribution is 0.0955. The highest BCUT2D eigenvalue weighted by Gasteiger charge is 2.05. The monoisotopic (exact) mass is 381 g/mol. The lowest BCUT2D eigenvalue weighted by atomic mass is 10.1. The number of nitrogens with one attached hydrogen (secondary N) is 1. The fourth-order valence-electron chi connectivity index (χ4n) is 1.59. The molecule has 0 unspecified atom stereocenters. The fourth-order valence-corrected chi connectivity index (χ4v) is 2.39. The first-order valence-electron chi connectivity index (χ1n) is 5.80. The van der Waals surface area contributed by atoms with Crippen LogP contribution in [0.3, 0.4) is 0 Å². The van der Waals surface area contributed by atoms with Crippen LogP contribution in [0.4, 0.5) is 0 Å². The largest absolute Gasteiger partial charge is 0.507 e. The van der Waals surface area contributed by atoms with Crippen LogP contribution in [0, 0.1) is 10.5 Å². The van der Waals surface area contributed by atoms with Crippen LogP contribution in [-0.2, 0) is 0 Å². The zero-order chi connectivity index (χ0) is 14.5. The summed E-state index contributed by atoms with van der Waals surface area (Å²) in [6.07, 6.45) is 4.49. The van der Waals surface area contributed by atoms with E-state index < -0.39 is 0 Å². The van der Waals surface area contributed by atoms with E-state index in [2.05, 4.69) is 38.1 Å². The fraction of sp³-hybridized carbons (Fsp3) is 0.0714. The number of aryl methyl sites for hydroxylation is 1. The minimum atomic E-state index is -0.328. The maximum Gasteiger partial charge on any atom is 0.271 e. The zero-order valence-electron chi connectivity index (χ0n) is 10.7. The first kappa shape index (κ1) is 14.4. The molecule has 1 heterocycles. The Morgan fingerprint density at radius 2 is 2.10 bits per heavy atom. The quantitative estimate of drug-likeness (QED) is 0.487. The van der Waals surface area contributed by atoms with Gasteiger partial charge in [-0.2, -0.15) is 5.10 Å². The molecule has 0 atom stereocenters. The van der Waals surface area contributed by atoms with Gasteiger partial charge in [-0.1, -0.05) is 0 Å². The highest BCUT2D eigenvalue weighted by molar-refractivity contribution is 14.1. The standard InChI is InChI=1S/C14H12IN3O2/c1-9-6-12(15)7-11(13(9)19)8-17-18-14(20)10-2-4-16-5-3-10/h2-8,19H,1H3,(H,18,20). The summed E-state index contributed by atoms with van der Waals surface area (Å²) >= 11 is 2.16. The number of halogens is 1. The summed E-state index contributed by atoms with van der Waals surface area (Å²) < 4.78 is 0.986. The van der Waals surface area contributed by atoms with Gasteiger partial charge in [0.1, 0.15) is 5.75 Å². The summed E-state index contributed by atoms with van der Waals surface area (Å²) in [7, 11) is 0. The molecule has 1 aromatic carbocycles. The maximum atomic E-state index is 11.7. The van der Waals surface area contributed by atoms with Crippen LogP contribution in [0.2, 0.25) is 0 Å². The van der Waals surface area contributed by atoms with Crippen molar-refractivity contribution in [1.29, 1.82) is 0 Å². The number of aromatic nitrogens is 1.